The molecule has 0 radical (unpaired) electrons. The highest BCUT2D eigenvalue weighted by Gasteiger charge is 2.21. The van der Waals surface area contributed by atoms with Gasteiger partial charge in [0.1, 0.15) is 18.0 Å². The third kappa shape index (κ3) is 3.81. The van der Waals surface area contributed by atoms with Crippen molar-refractivity contribution in [2.75, 3.05) is 0 Å². The zero-order valence-corrected chi connectivity index (χ0v) is 16.7. The number of pyridine rings is 1. The van der Waals surface area contributed by atoms with Gasteiger partial charge in [0.05, 0.1) is 11.4 Å². The molecule has 0 spiro atoms. The highest BCUT2D eigenvalue weighted by molar-refractivity contribution is 5.85. The van der Waals surface area contributed by atoms with Crippen molar-refractivity contribution in [1.29, 1.82) is 0 Å². The van der Waals surface area contributed by atoms with Gasteiger partial charge in [-0.15, -0.1) is 0 Å². The Morgan fingerprint density at radius 2 is 1.97 bits per heavy atom. The summed E-state index contributed by atoms with van der Waals surface area (Å²) >= 11 is 0. The Balaban J connectivity index is 1.78. The van der Waals surface area contributed by atoms with Crippen LogP contribution in [0.3, 0.4) is 0 Å². The van der Waals surface area contributed by atoms with Gasteiger partial charge in [0, 0.05) is 17.5 Å². The lowest BCUT2D eigenvalue weighted by atomic mass is 9.95. The average Bonchev–Trinajstić information content (AvgIpc) is 3.03. The van der Waals surface area contributed by atoms with Crippen LogP contribution in [0.25, 0.3) is 16.7 Å². The number of carbonyl (C=O) groups excluding carboxylic acids is 1. The summed E-state index contributed by atoms with van der Waals surface area (Å²) in [6, 6.07) is 7.75. The van der Waals surface area contributed by atoms with Gasteiger partial charge in [0.15, 0.2) is 0 Å². The summed E-state index contributed by atoms with van der Waals surface area (Å²) in [7, 11) is 0. The quantitative estimate of drug-likeness (QED) is 0.735. The van der Waals surface area contributed by atoms with Crippen molar-refractivity contribution in [3.05, 3.63) is 57.8 Å². The van der Waals surface area contributed by atoms with E-state index in [1.54, 1.807) is 16.8 Å². The third-order valence-electron chi connectivity index (χ3n) is 5.62. The zero-order chi connectivity index (χ0) is 20.5. The minimum atomic E-state index is -0.389. The standard InChI is InChI=1S/C22H25FN4O2/c1-14-11-20(29)26(13-19(28)24-17-8-4-3-5-9-17)22-21(14)15(2)25-27(22)18-10-6-7-16(23)12-18/h6-7,10-12,17H,3-5,8-9,13H2,1-2H3,(H,24,28). The summed E-state index contributed by atoms with van der Waals surface area (Å²) in [5.41, 5.74) is 2.26. The van der Waals surface area contributed by atoms with Crippen molar-refractivity contribution in [1.82, 2.24) is 19.7 Å². The number of hydrogen-bond donors (Lipinski definition) is 1. The van der Waals surface area contributed by atoms with Crippen LogP contribution in [0.15, 0.2) is 35.1 Å². The maximum Gasteiger partial charge on any atom is 0.252 e. The SMILES string of the molecule is Cc1cc(=O)n(CC(=O)NC2CCCCC2)c2c1c(C)nn2-c1cccc(F)c1. The smallest absolute Gasteiger partial charge is 0.252 e. The van der Waals surface area contributed by atoms with Crippen LogP contribution in [-0.4, -0.2) is 26.3 Å². The molecule has 0 aliphatic heterocycles. The van der Waals surface area contributed by atoms with E-state index in [9.17, 15) is 14.0 Å². The molecule has 7 heteroatoms. The maximum atomic E-state index is 13.8. The minimum absolute atomic E-state index is 0.0907. The fourth-order valence-electron chi connectivity index (χ4n) is 4.27. The van der Waals surface area contributed by atoms with Gasteiger partial charge in [-0.1, -0.05) is 25.3 Å². The van der Waals surface area contributed by atoms with E-state index in [0.29, 0.717) is 11.3 Å². The molecule has 0 bridgehead atoms. The zero-order valence-electron chi connectivity index (χ0n) is 16.7. The predicted molar refractivity (Wildman–Crippen MR) is 110 cm³/mol. The first-order chi connectivity index (χ1) is 13.9. The van der Waals surface area contributed by atoms with Crippen molar-refractivity contribution < 1.29 is 9.18 Å². The first-order valence-electron chi connectivity index (χ1n) is 10.1. The van der Waals surface area contributed by atoms with E-state index in [0.717, 1.165) is 42.3 Å². The Hall–Kier alpha value is -2.96. The Morgan fingerprint density at radius 1 is 1.21 bits per heavy atom. The average molecular weight is 396 g/mol. The number of nitrogens with one attached hydrogen (secondary N) is 1. The molecule has 1 saturated carbocycles. The minimum Gasteiger partial charge on any atom is -0.352 e. The van der Waals surface area contributed by atoms with Crippen LogP contribution < -0.4 is 10.9 Å². The molecule has 0 saturated heterocycles. The lowest BCUT2D eigenvalue weighted by Crippen LogP contribution is -2.40. The van der Waals surface area contributed by atoms with Crippen LogP contribution in [-0.2, 0) is 11.3 Å². The van der Waals surface area contributed by atoms with Crippen LogP contribution in [0.4, 0.5) is 4.39 Å². The molecule has 0 atom stereocenters. The van der Waals surface area contributed by atoms with Gasteiger partial charge < -0.3 is 5.32 Å². The summed E-state index contributed by atoms with van der Waals surface area (Å²) in [4.78, 5) is 25.5. The molecule has 1 aromatic carbocycles. The van der Waals surface area contributed by atoms with Gasteiger partial charge >= 0.3 is 0 Å². The van der Waals surface area contributed by atoms with Crippen molar-refractivity contribution in [3.63, 3.8) is 0 Å². The second-order valence-corrected chi connectivity index (χ2v) is 7.83. The molecular weight excluding hydrogens is 371 g/mol. The molecular formula is C22H25FN4O2. The van der Waals surface area contributed by atoms with Crippen LogP contribution in [0.2, 0.25) is 0 Å². The topological polar surface area (TPSA) is 68.9 Å². The van der Waals surface area contributed by atoms with E-state index in [-0.39, 0.29) is 29.9 Å². The van der Waals surface area contributed by atoms with Gasteiger partial charge in [-0.2, -0.15) is 5.10 Å². The number of amides is 1. The number of fused-ring (bicyclic) bond motifs is 1. The number of aryl methyl sites for hydroxylation is 2. The van der Waals surface area contributed by atoms with E-state index in [2.05, 4.69) is 10.4 Å². The molecule has 4 rings (SSSR count). The lowest BCUT2D eigenvalue weighted by molar-refractivity contribution is -0.122. The molecule has 152 valence electrons. The Kier molecular flexibility index (Phi) is 5.22. The fourth-order valence-corrected chi connectivity index (χ4v) is 4.27. The maximum absolute atomic E-state index is 13.8. The number of halogens is 1. The van der Waals surface area contributed by atoms with Crippen molar-refractivity contribution in [2.24, 2.45) is 0 Å². The molecule has 1 fully saturated rings. The van der Waals surface area contributed by atoms with Crippen LogP contribution in [0.5, 0.6) is 0 Å². The molecule has 1 amide bonds. The predicted octanol–water partition coefficient (Wildman–Crippen LogP) is 3.39. The fraction of sp³-hybridized carbons (Fsp3) is 0.409. The first kappa shape index (κ1) is 19.4. The molecule has 1 aliphatic rings. The highest BCUT2D eigenvalue weighted by Crippen LogP contribution is 2.24. The van der Waals surface area contributed by atoms with Gasteiger partial charge in [0.2, 0.25) is 5.91 Å². The Labute approximate surface area is 168 Å². The molecule has 1 N–H and O–H groups in total. The van der Waals surface area contributed by atoms with Gasteiger partial charge in [-0.25, -0.2) is 9.07 Å². The van der Waals surface area contributed by atoms with E-state index < -0.39 is 0 Å². The second kappa shape index (κ2) is 7.81. The lowest BCUT2D eigenvalue weighted by Gasteiger charge is -2.23. The van der Waals surface area contributed by atoms with Crippen LogP contribution >= 0.6 is 0 Å². The molecule has 6 nitrogen and oxygen atoms in total. The number of carbonyl (C=O) groups is 1. The van der Waals surface area contributed by atoms with Gasteiger partial charge in [0.25, 0.3) is 5.56 Å². The number of rotatable bonds is 4. The molecule has 3 aromatic rings. The molecule has 29 heavy (non-hydrogen) atoms. The summed E-state index contributed by atoms with van der Waals surface area (Å²) < 4.78 is 16.8. The van der Waals surface area contributed by atoms with Gasteiger partial charge in [-0.05, 0) is 50.5 Å². The van der Waals surface area contributed by atoms with E-state index in [4.69, 9.17) is 0 Å². The molecule has 0 unspecified atom stereocenters. The Morgan fingerprint density at radius 3 is 2.69 bits per heavy atom. The summed E-state index contributed by atoms with van der Waals surface area (Å²) in [5.74, 6) is -0.575. The van der Waals surface area contributed by atoms with Gasteiger partial charge in [-0.3, -0.25) is 14.2 Å². The molecule has 2 heterocycles. The number of hydrogen-bond acceptors (Lipinski definition) is 3. The monoisotopic (exact) mass is 396 g/mol. The van der Waals surface area contributed by atoms with E-state index in [1.807, 2.05) is 13.8 Å². The summed E-state index contributed by atoms with van der Waals surface area (Å²) in [6.45, 7) is 3.61. The Bertz CT molecular complexity index is 1130. The van der Waals surface area contributed by atoms with Crippen LogP contribution in [0.1, 0.15) is 43.4 Å². The number of benzene rings is 1. The molecule has 1 aliphatic carbocycles. The van der Waals surface area contributed by atoms with Crippen LogP contribution in [0, 0.1) is 19.7 Å². The number of nitrogens with zero attached hydrogens (tertiary/aromatic N) is 3. The molecule has 2 aromatic heterocycles. The summed E-state index contributed by atoms with van der Waals surface area (Å²) in [6.07, 6.45) is 5.39. The second-order valence-electron chi connectivity index (χ2n) is 7.83. The highest BCUT2D eigenvalue weighted by atomic mass is 19.1. The van der Waals surface area contributed by atoms with Crippen molar-refractivity contribution in [2.45, 2.75) is 58.5 Å². The van der Waals surface area contributed by atoms with E-state index in [1.165, 1.54) is 29.2 Å². The largest absolute Gasteiger partial charge is 0.352 e. The summed E-state index contributed by atoms with van der Waals surface area (Å²) in [5, 5.41) is 8.41. The normalized spacial score (nSPS) is 15.0. The van der Waals surface area contributed by atoms with Crippen molar-refractivity contribution >= 4 is 16.9 Å². The third-order valence-corrected chi connectivity index (χ3v) is 5.62. The van der Waals surface area contributed by atoms with Crippen molar-refractivity contribution in [3.8, 4) is 5.69 Å². The first-order valence-corrected chi connectivity index (χ1v) is 10.1. The number of aromatic nitrogens is 3. The van der Waals surface area contributed by atoms with E-state index >= 15 is 0 Å².